The number of aryl methyl sites for hydroxylation is 2. The molecule has 6 nitrogen and oxygen atoms in total. The summed E-state index contributed by atoms with van der Waals surface area (Å²) >= 11 is 0. The number of hydrogen-bond acceptors (Lipinski definition) is 5. The average Bonchev–Trinajstić information content (AvgIpc) is 2.64. The van der Waals surface area contributed by atoms with Crippen LogP contribution in [0.25, 0.3) is 11.3 Å². The third-order valence-electron chi connectivity index (χ3n) is 4.03. The molecule has 7 heteroatoms. The highest BCUT2D eigenvalue weighted by Crippen LogP contribution is 2.27. The monoisotopic (exact) mass is 369 g/mol. The standard InChI is InChI=1S/C19H19N3O3S/c1-13-4-5-15(17-7-6-16(25-3)11-21-17)10-18(13)22-26(23,24)19-12-20-9-8-14(19)2/h4-12,22H,1-3H3. The van der Waals surface area contributed by atoms with Crippen LogP contribution in [0, 0.1) is 13.8 Å². The minimum absolute atomic E-state index is 0.160. The van der Waals surface area contributed by atoms with Gasteiger partial charge in [0.25, 0.3) is 10.0 Å². The number of ether oxygens (including phenoxy) is 1. The Hall–Kier alpha value is -2.93. The Morgan fingerprint density at radius 1 is 1.00 bits per heavy atom. The minimum Gasteiger partial charge on any atom is -0.495 e. The van der Waals surface area contributed by atoms with Crippen molar-refractivity contribution in [1.82, 2.24) is 9.97 Å². The number of sulfonamides is 1. The number of anilines is 1. The maximum Gasteiger partial charge on any atom is 0.263 e. The Morgan fingerprint density at radius 2 is 1.81 bits per heavy atom. The third-order valence-corrected chi connectivity index (χ3v) is 5.53. The summed E-state index contributed by atoms with van der Waals surface area (Å²) in [5.74, 6) is 0.661. The molecule has 2 heterocycles. The quantitative estimate of drug-likeness (QED) is 0.743. The number of aromatic nitrogens is 2. The van der Waals surface area contributed by atoms with Crippen LogP contribution in [0.3, 0.4) is 0 Å². The van der Waals surface area contributed by atoms with Gasteiger partial charge in [-0.15, -0.1) is 0 Å². The van der Waals surface area contributed by atoms with Gasteiger partial charge in [-0.1, -0.05) is 12.1 Å². The van der Waals surface area contributed by atoms with Crippen molar-refractivity contribution in [3.05, 3.63) is 66.1 Å². The van der Waals surface area contributed by atoms with Crippen LogP contribution in [-0.2, 0) is 10.0 Å². The van der Waals surface area contributed by atoms with Crippen molar-refractivity contribution >= 4 is 15.7 Å². The number of methoxy groups -OCH3 is 1. The Bertz CT molecular complexity index is 1030. The van der Waals surface area contributed by atoms with Crippen molar-refractivity contribution in [1.29, 1.82) is 0 Å². The topological polar surface area (TPSA) is 81.2 Å². The molecule has 0 unspecified atom stereocenters. The second-order valence-electron chi connectivity index (χ2n) is 5.86. The molecular weight excluding hydrogens is 350 g/mol. The first kappa shape index (κ1) is 17.9. The van der Waals surface area contributed by atoms with Crippen molar-refractivity contribution in [2.24, 2.45) is 0 Å². The van der Waals surface area contributed by atoms with Gasteiger partial charge in [0, 0.05) is 18.0 Å². The Kier molecular flexibility index (Phi) is 4.90. The highest BCUT2D eigenvalue weighted by molar-refractivity contribution is 7.92. The second kappa shape index (κ2) is 7.13. The molecule has 134 valence electrons. The highest BCUT2D eigenvalue weighted by Gasteiger charge is 2.18. The van der Waals surface area contributed by atoms with Crippen LogP contribution in [-0.4, -0.2) is 25.5 Å². The summed E-state index contributed by atoms with van der Waals surface area (Å²) in [6.07, 6.45) is 4.54. The lowest BCUT2D eigenvalue weighted by atomic mass is 10.1. The first-order chi connectivity index (χ1) is 12.4. The predicted molar refractivity (Wildman–Crippen MR) is 101 cm³/mol. The van der Waals surface area contributed by atoms with Crippen LogP contribution in [0.4, 0.5) is 5.69 Å². The van der Waals surface area contributed by atoms with Gasteiger partial charge in [0.05, 0.1) is 24.7 Å². The zero-order valence-corrected chi connectivity index (χ0v) is 15.5. The molecule has 0 radical (unpaired) electrons. The van der Waals surface area contributed by atoms with Gasteiger partial charge in [-0.3, -0.25) is 14.7 Å². The maximum atomic E-state index is 12.7. The molecule has 0 fully saturated rings. The number of benzene rings is 1. The van der Waals surface area contributed by atoms with E-state index in [0.29, 0.717) is 17.0 Å². The van der Waals surface area contributed by atoms with Crippen LogP contribution in [0.15, 0.2) is 59.9 Å². The predicted octanol–water partition coefficient (Wildman–Crippen LogP) is 3.57. The van der Waals surface area contributed by atoms with Gasteiger partial charge >= 0.3 is 0 Å². The molecule has 0 aliphatic heterocycles. The zero-order valence-electron chi connectivity index (χ0n) is 14.7. The van der Waals surface area contributed by atoms with Gasteiger partial charge < -0.3 is 4.74 Å². The van der Waals surface area contributed by atoms with Gasteiger partial charge in [0.15, 0.2) is 0 Å². The Balaban J connectivity index is 1.96. The Morgan fingerprint density at radius 3 is 2.46 bits per heavy atom. The number of hydrogen-bond donors (Lipinski definition) is 1. The summed E-state index contributed by atoms with van der Waals surface area (Å²) < 4.78 is 33.2. The number of pyridine rings is 2. The molecule has 0 saturated carbocycles. The number of nitrogens with one attached hydrogen (secondary N) is 1. The van der Waals surface area contributed by atoms with E-state index < -0.39 is 10.0 Å². The van der Waals surface area contributed by atoms with Crippen LogP contribution < -0.4 is 9.46 Å². The molecule has 26 heavy (non-hydrogen) atoms. The summed E-state index contributed by atoms with van der Waals surface area (Å²) in [6.45, 7) is 3.58. The molecular formula is C19H19N3O3S. The lowest BCUT2D eigenvalue weighted by Crippen LogP contribution is -2.15. The summed E-state index contributed by atoms with van der Waals surface area (Å²) in [4.78, 5) is 8.42. The fourth-order valence-electron chi connectivity index (χ4n) is 2.49. The molecule has 0 atom stereocenters. The normalized spacial score (nSPS) is 11.2. The lowest BCUT2D eigenvalue weighted by Gasteiger charge is -2.13. The molecule has 0 amide bonds. The smallest absolute Gasteiger partial charge is 0.263 e. The fourth-order valence-corrected chi connectivity index (χ4v) is 3.80. The molecule has 0 bridgehead atoms. The third kappa shape index (κ3) is 3.67. The van der Waals surface area contributed by atoms with Gasteiger partial charge in [-0.05, 0) is 49.2 Å². The second-order valence-corrected chi connectivity index (χ2v) is 7.51. The van der Waals surface area contributed by atoms with Crippen molar-refractivity contribution in [3.63, 3.8) is 0 Å². The molecule has 0 spiro atoms. The molecule has 0 saturated heterocycles. The highest BCUT2D eigenvalue weighted by atomic mass is 32.2. The zero-order chi connectivity index (χ0) is 18.7. The molecule has 2 aromatic heterocycles. The largest absolute Gasteiger partial charge is 0.495 e. The first-order valence-corrected chi connectivity index (χ1v) is 9.43. The van der Waals surface area contributed by atoms with E-state index >= 15 is 0 Å². The van der Waals surface area contributed by atoms with Crippen LogP contribution in [0.5, 0.6) is 5.75 Å². The summed E-state index contributed by atoms with van der Waals surface area (Å²) in [5, 5.41) is 0. The van der Waals surface area contributed by atoms with Gasteiger partial charge in [0.2, 0.25) is 0 Å². The van der Waals surface area contributed by atoms with E-state index in [4.69, 9.17) is 4.74 Å². The van der Waals surface area contributed by atoms with E-state index in [9.17, 15) is 8.42 Å². The summed E-state index contributed by atoms with van der Waals surface area (Å²) in [7, 11) is -2.15. The first-order valence-electron chi connectivity index (χ1n) is 7.95. The van der Waals surface area contributed by atoms with E-state index in [1.165, 1.54) is 6.20 Å². The number of nitrogens with zero attached hydrogens (tertiary/aromatic N) is 2. The SMILES string of the molecule is COc1ccc(-c2ccc(C)c(NS(=O)(=O)c3cnccc3C)c2)nc1. The lowest BCUT2D eigenvalue weighted by molar-refractivity contribution is 0.413. The van der Waals surface area contributed by atoms with E-state index in [-0.39, 0.29) is 4.90 Å². The van der Waals surface area contributed by atoms with E-state index in [2.05, 4.69) is 14.7 Å². The molecule has 3 aromatic rings. The number of rotatable bonds is 5. The molecule has 0 aliphatic rings. The minimum atomic E-state index is -3.73. The van der Waals surface area contributed by atoms with Gasteiger partial charge in [-0.25, -0.2) is 8.42 Å². The molecule has 0 aliphatic carbocycles. The Labute approximate surface area is 153 Å². The van der Waals surface area contributed by atoms with Crippen molar-refractivity contribution in [3.8, 4) is 17.0 Å². The average molecular weight is 369 g/mol. The van der Waals surface area contributed by atoms with Gasteiger partial charge in [-0.2, -0.15) is 0 Å². The van der Waals surface area contributed by atoms with Crippen LogP contribution in [0.2, 0.25) is 0 Å². The van der Waals surface area contributed by atoms with Crippen LogP contribution in [0.1, 0.15) is 11.1 Å². The van der Waals surface area contributed by atoms with E-state index in [1.807, 2.05) is 31.2 Å². The maximum absolute atomic E-state index is 12.7. The van der Waals surface area contributed by atoms with Gasteiger partial charge in [0.1, 0.15) is 10.6 Å². The molecule has 1 N–H and O–H groups in total. The van der Waals surface area contributed by atoms with Crippen molar-refractivity contribution in [2.75, 3.05) is 11.8 Å². The fraction of sp³-hybridized carbons (Fsp3) is 0.158. The van der Waals surface area contributed by atoms with E-state index in [0.717, 1.165) is 16.8 Å². The van der Waals surface area contributed by atoms with Crippen LogP contribution >= 0.6 is 0 Å². The van der Waals surface area contributed by atoms with Crippen molar-refractivity contribution in [2.45, 2.75) is 18.7 Å². The molecule has 3 rings (SSSR count). The van der Waals surface area contributed by atoms with E-state index in [1.54, 1.807) is 38.6 Å². The summed E-state index contributed by atoms with van der Waals surface area (Å²) in [5.41, 5.74) is 3.48. The van der Waals surface area contributed by atoms with Crippen molar-refractivity contribution < 1.29 is 13.2 Å². The summed E-state index contributed by atoms with van der Waals surface area (Å²) in [6, 6.07) is 10.8. The molecule has 1 aromatic carbocycles.